The first-order valence-corrected chi connectivity index (χ1v) is 2.91. The largest absolute Gasteiger partial charge is 0.153 e. The topological polar surface area (TPSA) is 0 Å². The van der Waals surface area contributed by atoms with Crippen molar-refractivity contribution in [1.82, 2.24) is 0 Å². The molecule has 0 aliphatic carbocycles. The van der Waals surface area contributed by atoms with Crippen LogP contribution in [0.1, 0.15) is 39.5 Å². The summed E-state index contributed by atoms with van der Waals surface area (Å²) in [5.74, 6) is 0. The first-order chi connectivity index (χ1) is 2.91. The van der Waals surface area contributed by atoms with E-state index in [0.29, 0.717) is 0 Å². The maximum Gasteiger partial charge on any atom is -0.0536 e. The minimum atomic E-state index is 0. The van der Waals surface area contributed by atoms with E-state index in [1.54, 1.807) is 0 Å². The van der Waals surface area contributed by atoms with Gasteiger partial charge >= 0.3 is 0 Å². The van der Waals surface area contributed by atoms with Crippen LogP contribution in [0.2, 0.25) is 0 Å². The predicted molar refractivity (Wildman–Crippen MR) is 40.9 cm³/mol. The molecule has 7 heavy (non-hydrogen) atoms. The Morgan fingerprint density at radius 2 is 1.14 bits per heavy atom. The van der Waals surface area contributed by atoms with E-state index in [1.165, 1.54) is 25.7 Å². The first-order valence-electron chi connectivity index (χ1n) is 2.91. The molecule has 0 nitrogen and oxygen atoms in total. The molecule has 0 bridgehead atoms. The lowest BCUT2D eigenvalue weighted by Crippen LogP contribution is -1.66. The van der Waals surface area contributed by atoms with Crippen LogP contribution in [-0.2, 0) is 0 Å². The Hall–Kier alpha value is 0.430. The fourth-order valence-corrected chi connectivity index (χ4v) is 0.500. The van der Waals surface area contributed by atoms with Crippen molar-refractivity contribution in [3.63, 3.8) is 0 Å². The second-order valence-corrected chi connectivity index (χ2v) is 1.71. The Balaban J connectivity index is 0. The Morgan fingerprint density at radius 1 is 0.857 bits per heavy atom. The monoisotopic (exact) mass is 120 g/mol. The van der Waals surface area contributed by atoms with Crippen LogP contribution in [-0.4, -0.2) is 0 Å². The zero-order valence-corrected chi connectivity index (χ0v) is 6.95. The highest BCUT2D eigenvalue weighted by molar-refractivity contribution is 6.92. The molecular weight excluding hydrogens is 103 g/mol. The van der Waals surface area contributed by atoms with Gasteiger partial charge in [-0.3, -0.25) is 0 Å². The molecule has 0 radical (unpaired) electrons. The summed E-state index contributed by atoms with van der Waals surface area (Å²) >= 11 is 0. The van der Waals surface area contributed by atoms with Crippen LogP contribution in [0, 0.1) is 0 Å². The van der Waals surface area contributed by atoms with E-state index in [-0.39, 0.29) is 9.90 Å². The molecule has 46 valence electrons. The molecule has 0 aliphatic rings. The van der Waals surface area contributed by atoms with Crippen LogP contribution < -0.4 is 0 Å². The number of rotatable bonds is 3. The summed E-state index contributed by atoms with van der Waals surface area (Å²) in [4.78, 5) is 0. The highest BCUT2D eigenvalue weighted by Crippen LogP contribution is 1.95. The molecule has 1 unspecified atom stereocenters. The molecule has 1 atom stereocenters. The molecule has 0 N–H and O–H groups in total. The number of unbranched alkanes of at least 4 members (excludes halogenated alkanes) is 3. The SMILES string of the molecule is CCCCCC.P. The van der Waals surface area contributed by atoms with Crippen LogP contribution in [0.15, 0.2) is 0 Å². The molecule has 0 spiro atoms. The molecule has 0 saturated heterocycles. The zero-order valence-electron chi connectivity index (χ0n) is 5.54. The maximum atomic E-state index is 2.23. The van der Waals surface area contributed by atoms with Crippen LogP contribution in [0.4, 0.5) is 0 Å². The van der Waals surface area contributed by atoms with Crippen molar-refractivity contribution >= 4 is 9.90 Å². The second kappa shape index (κ2) is 9.66. The molecule has 0 heterocycles. The molecule has 1 heteroatoms. The molecule has 0 rings (SSSR count). The molecule has 0 aromatic heterocycles. The molecule has 0 aromatic rings. The maximum absolute atomic E-state index is 2.23. The van der Waals surface area contributed by atoms with Crippen LogP contribution in [0.25, 0.3) is 0 Å². The summed E-state index contributed by atoms with van der Waals surface area (Å²) in [5, 5.41) is 0. The molecule has 0 saturated carbocycles. The third kappa shape index (κ3) is 10.7. The minimum absolute atomic E-state index is 0. The zero-order chi connectivity index (χ0) is 4.83. The van der Waals surface area contributed by atoms with Gasteiger partial charge in [0.25, 0.3) is 0 Å². The van der Waals surface area contributed by atoms with Crippen molar-refractivity contribution in [3.05, 3.63) is 0 Å². The third-order valence-electron chi connectivity index (χ3n) is 0.957. The Bertz CT molecular complexity index is 16.1. The fourth-order valence-electron chi connectivity index (χ4n) is 0.500. The normalized spacial score (nSPS) is 7.71. The summed E-state index contributed by atoms with van der Waals surface area (Å²) in [6, 6.07) is 0. The smallest absolute Gasteiger partial charge is 0.0536 e. The van der Waals surface area contributed by atoms with Crippen molar-refractivity contribution in [2.45, 2.75) is 39.5 Å². The van der Waals surface area contributed by atoms with Gasteiger partial charge in [0.15, 0.2) is 0 Å². The molecule has 0 aliphatic heterocycles. The Kier molecular flexibility index (Phi) is 14.4. The van der Waals surface area contributed by atoms with Crippen molar-refractivity contribution in [2.75, 3.05) is 0 Å². The Morgan fingerprint density at radius 3 is 1.29 bits per heavy atom. The minimum Gasteiger partial charge on any atom is -0.153 e. The highest BCUT2D eigenvalue weighted by Gasteiger charge is 1.75. The van der Waals surface area contributed by atoms with Gasteiger partial charge < -0.3 is 0 Å². The summed E-state index contributed by atoms with van der Waals surface area (Å²) in [5.41, 5.74) is 0. The summed E-state index contributed by atoms with van der Waals surface area (Å²) in [6.07, 6.45) is 5.54. The quantitative estimate of drug-likeness (QED) is 0.396. The van der Waals surface area contributed by atoms with Crippen molar-refractivity contribution in [1.29, 1.82) is 0 Å². The average Bonchev–Trinajstić information content (AvgIpc) is 1.61. The average molecular weight is 120 g/mol. The molecule has 0 fully saturated rings. The van der Waals surface area contributed by atoms with E-state index in [2.05, 4.69) is 13.8 Å². The first kappa shape index (κ1) is 10.4. The third-order valence-corrected chi connectivity index (χ3v) is 0.957. The van der Waals surface area contributed by atoms with Gasteiger partial charge in [-0.05, 0) is 0 Å². The molecular formula is C6H17P. The molecule has 0 aromatic carbocycles. The van der Waals surface area contributed by atoms with Crippen molar-refractivity contribution in [2.24, 2.45) is 0 Å². The Labute approximate surface area is 50.3 Å². The standard InChI is InChI=1S/C6H14.H3P/c1-3-5-6-4-2;/h3-6H2,1-2H3;1H3. The van der Waals surface area contributed by atoms with Crippen LogP contribution in [0.5, 0.6) is 0 Å². The van der Waals surface area contributed by atoms with Gasteiger partial charge in [0.05, 0.1) is 0 Å². The van der Waals surface area contributed by atoms with Gasteiger partial charge in [-0.2, -0.15) is 9.90 Å². The predicted octanol–water partition coefficient (Wildman–Crippen LogP) is 2.64. The highest BCUT2D eigenvalue weighted by atomic mass is 31.0. The van der Waals surface area contributed by atoms with Gasteiger partial charge in [-0.25, -0.2) is 0 Å². The summed E-state index contributed by atoms with van der Waals surface area (Å²) in [6.45, 7) is 4.46. The second-order valence-electron chi connectivity index (χ2n) is 1.71. The van der Waals surface area contributed by atoms with Crippen LogP contribution >= 0.6 is 9.90 Å². The van der Waals surface area contributed by atoms with Crippen molar-refractivity contribution < 1.29 is 0 Å². The van der Waals surface area contributed by atoms with Gasteiger partial charge in [0.2, 0.25) is 0 Å². The lowest BCUT2D eigenvalue weighted by molar-refractivity contribution is 0.702. The summed E-state index contributed by atoms with van der Waals surface area (Å²) in [7, 11) is 0. The van der Waals surface area contributed by atoms with E-state index in [4.69, 9.17) is 0 Å². The van der Waals surface area contributed by atoms with Gasteiger partial charge in [0.1, 0.15) is 0 Å². The van der Waals surface area contributed by atoms with Gasteiger partial charge in [-0.15, -0.1) is 0 Å². The van der Waals surface area contributed by atoms with Crippen molar-refractivity contribution in [3.8, 4) is 0 Å². The van der Waals surface area contributed by atoms with E-state index in [0.717, 1.165) is 0 Å². The van der Waals surface area contributed by atoms with Gasteiger partial charge in [-0.1, -0.05) is 39.5 Å². The lowest BCUT2D eigenvalue weighted by Gasteiger charge is -1.86. The lowest BCUT2D eigenvalue weighted by atomic mass is 10.2. The van der Waals surface area contributed by atoms with Crippen LogP contribution in [0.3, 0.4) is 0 Å². The fraction of sp³-hybridized carbons (Fsp3) is 1.00. The van der Waals surface area contributed by atoms with E-state index >= 15 is 0 Å². The summed E-state index contributed by atoms with van der Waals surface area (Å²) < 4.78 is 0. The van der Waals surface area contributed by atoms with Gasteiger partial charge in [0, 0.05) is 0 Å². The van der Waals surface area contributed by atoms with E-state index < -0.39 is 0 Å². The number of hydrogen-bond donors (Lipinski definition) is 0. The molecule has 0 amide bonds. The van der Waals surface area contributed by atoms with E-state index in [1.807, 2.05) is 0 Å². The number of hydrogen-bond acceptors (Lipinski definition) is 0. The van der Waals surface area contributed by atoms with E-state index in [9.17, 15) is 0 Å².